The van der Waals surface area contributed by atoms with Crippen LogP contribution in [0.3, 0.4) is 0 Å². The molecule has 15 heteroatoms. The van der Waals surface area contributed by atoms with Crippen LogP contribution in [-0.4, -0.2) is 101 Å². The normalized spacial score (nSPS) is 28.5. The maximum atomic E-state index is 13.7. The molecular formula is C46H51N3O12. The topological polar surface area (TPSA) is 175 Å². The number of esters is 2. The fourth-order valence-corrected chi connectivity index (χ4v) is 7.64. The highest BCUT2D eigenvalue weighted by Gasteiger charge is 2.54. The minimum atomic E-state index is -1.13. The molecular weight excluding hydrogens is 787 g/mol. The lowest BCUT2D eigenvalue weighted by atomic mass is 9.88. The van der Waals surface area contributed by atoms with E-state index in [1.807, 2.05) is 86.6 Å². The summed E-state index contributed by atoms with van der Waals surface area (Å²) in [5.41, 5.74) is 11.1. The van der Waals surface area contributed by atoms with Gasteiger partial charge in [0.2, 0.25) is 0 Å². The van der Waals surface area contributed by atoms with Gasteiger partial charge in [0.25, 0.3) is 0 Å². The minimum absolute atomic E-state index is 0.0551. The lowest BCUT2D eigenvalue weighted by Gasteiger charge is -2.50. The second-order valence-electron chi connectivity index (χ2n) is 15.0. The number of benzene rings is 4. The molecule has 11 atom stereocenters. The Morgan fingerprint density at radius 3 is 1.93 bits per heavy atom. The maximum Gasteiger partial charge on any atom is 0.338 e. The van der Waals surface area contributed by atoms with E-state index in [-0.39, 0.29) is 46.2 Å². The molecule has 15 nitrogen and oxygen atoms in total. The van der Waals surface area contributed by atoms with Gasteiger partial charge in [-0.3, -0.25) is 0 Å². The van der Waals surface area contributed by atoms with Gasteiger partial charge in [-0.15, -0.1) is 0 Å². The van der Waals surface area contributed by atoms with Crippen molar-refractivity contribution in [3.63, 3.8) is 0 Å². The summed E-state index contributed by atoms with van der Waals surface area (Å²) in [6, 6.07) is 36.7. The Bertz CT molecular complexity index is 2010. The van der Waals surface area contributed by atoms with E-state index in [1.54, 1.807) is 48.5 Å². The molecule has 61 heavy (non-hydrogen) atoms. The number of rotatable bonds is 18. The Balaban J connectivity index is 1.16. The molecule has 0 aliphatic carbocycles. The van der Waals surface area contributed by atoms with E-state index >= 15 is 0 Å². The third kappa shape index (κ3) is 11.6. The number of fused-ring (bicyclic) bond motifs is 1. The number of azide groups is 1. The van der Waals surface area contributed by atoms with Crippen molar-refractivity contribution < 1.29 is 57.0 Å². The van der Waals surface area contributed by atoms with Crippen molar-refractivity contribution in [1.82, 2.24) is 0 Å². The van der Waals surface area contributed by atoms with Crippen LogP contribution < -0.4 is 0 Å². The van der Waals surface area contributed by atoms with E-state index in [2.05, 4.69) is 10.0 Å². The lowest BCUT2D eigenvalue weighted by molar-refractivity contribution is -0.375. The Labute approximate surface area is 354 Å². The summed E-state index contributed by atoms with van der Waals surface area (Å²) < 4.78 is 63.5. The van der Waals surface area contributed by atoms with Crippen molar-refractivity contribution in [1.29, 1.82) is 0 Å². The largest absolute Gasteiger partial charge is 0.453 e. The Kier molecular flexibility index (Phi) is 15.9. The summed E-state index contributed by atoms with van der Waals surface area (Å²) in [5, 5.41) is 3.49. The number of nitrogens with zero attached hydrogens (tertiary/aromatic N) is 3. The van der Waals surface area contributed by atoms with Crippen molar-refractivity contribution >= 4 is 11.9 Å². The van der Waals surface area contributed by atoms with Crippen molar-refractivity contribution in [2.45, 2.75) is 75.9 Å². The average molecular weight is 838 g/mol. The first-order valence-electron chi connectivity index (χ1n) is 20.5. The molecule has 3 saturated heterocycles. The van der Waals surface area contributed by atoms with Crippen molar-refractivity contribution in [3.8, 4) is 0 Å². The summed E-state index contributed by atoms with van der Waals surface area (Å²) in [6.07, 6.45) is -7.53. The standard InChI is InChI=1S/C46H51N3O12/c1-30-38(61-46-41(59-43(51)34-19-11-5-12-20-34)31(2)39-37(57-46)29-55-44(60-39)35-21-13-6-14-22-35)36(28-53-27-32-15-7-3-8-16-32)56-45(54-26-25-52-24-23-48-49-47)40(30)58-42(50)33-17-9-4-10-18-33/h3-22,30-31,36-41,44-46H,23-29H2,1-2H3. The lowest BCUT2D eigenvalue weighted by Crippen LogP contribution is -2.63. The molecule has 3 aliphatic rings. The molecule has 3 aliphatic heterocycles. The van der Waals surface area contributed by atoms with Crippen molar-refractivity contribution in [2.75, 3.05) is 39.6 Å². The number of hydrogen-bond acceptors (Lipinski definition) is 13. The second-order valence-corrected chi connectivity index (χ2v) is 15.0. The SMILES string of the molecule is CC1C2OC(c3ccccc3)OCC2OC(OC2C(COCc3ccccc3)OC(OCCOCCN=[N+]=[N-])C(OC(=O)c3ccccc3)C2C)C1OC(=O)c1ccccc1. The van der Waals surface area contributed by atoms with Gasteiger partial charge in [-0.2, -0.15) is 0 Å². The van der Waals surface area contributed by atoms with E-state index in [1.165, 1.54) is 0 Å². The van der Waals surface area contributed by atoms with E-state index in [9.17, 15) is 9.59 Å². The van der Waals surface area contributed by atoms with Gasteiger partial charge in [-0.25, -0.2) is 9.59 Å². The van der Waals surface area contributed by atoms with E-state index in [4.69, 9.17) is 52.9 Å². The summed E-state index contributed by atoms with van der Waals surface area (Å²) in [5.74, 6) is -2.16. The molecule has 3 fully saturated rings. The Morgan fingerprint density at radius 2 is 1.30 bits per heavy atom. The highest BCUT2D eigenvalue weighted by atomic mass is 16.8. The zero-order valence-corrected chi connectivity index (χ0v) is 34.1. The number of hydrogen-bond donors (Lipinski definition) is 0. The third-order valence-electron chi connectivity index (χ3n) is 10.8. The van der Waals surface area contributed by atoms with Crippen LogP contribution in [0.25, 0.3) is 10.4 Å². The van der Waals surface area contributed by atoms with Crippen LogP contribution in [-0.2, 0) is 54.0 Å². The molecule has 0 radical (unpaired) electrons. The average Bonchev–Trinajstić information content (AvgIpc) is 3.30. The van der Waals surface area contributed by atoms with E-state index < -0.39 is 79.3 Å². The summed E-state index contributed by atoms with van der Waals surface area (Å²) in [4.78, 5) is 30.1. The van der Waals surface area contributed by atoms with E-state index in [0.717, 1.165) is 11.1 Å². The molecule has 11 unspecified atom stereocenters. The first kappa shape index (κ1) is 43.9. The molecule has 4 aromatic carbocycles. The second kappa shape index (κ2) is 22.1. The van der Waals surface area contributed by atoms with E-state index in [0.29, 0.717) is 11.1 Å². The summed E-state index contributed by atoms with van der Waals surface area (Å²) >= 11 is 0. The van der Waals surface area contributed by atoms with Gasteiger partial charge < -0.3 is 47.4 Å². The van der Waals surface area contributed by atoms with Gasteiger partial charge in [-0.1, -0.05) is 116 Å². The molecule has 0 saturated carbocycles. The summed E-state index contributed by atoms with van der Waals surface area (Å²) in [6.45, 7) is 4.95. The molecule has 3 heterocycles. The molecule has 0 bridgehead atoms. The first-order valence-corrected chi connectivity index (χ1v) is 20.5. The predicted molar refractivity (Wildman–Crippen MR) is 219 cm³/mol. The highest BCUT2D eigenvalue weighted by Crippen LogP contribution is 2.41. The Hall–Kier alpha value is -5.19. The molecule has 0 spiro atoms. The molecule has 0 amide bonds. The van der Waals surface area contributed by atoms with Crippen LogP contribution in [0.5, 0.6) is 0 Å². The van der Waals surface area contributed by atoms with Gasteiger partial charge in [0, 0.05) is 28.9 Å². The van der Waals surface area contributed by atoms with Crippen molar-refractivity contribution in [2.24, 2.45) is 17.0 Å². The number of carbonyl (C=O) groups excluding carboxylic acids is 2. The maximum absolute atomic E-state index is 13.7. The minimum Gasteiger partial charge on any atom is -0.453 e. The van der Waals surface area contributed by atoms with Crippen LogP contribution in [0.2, 0.25) is 0 Å². The summed E-state index contributed by atoms with van der Waals surface area (Å²) in [7, 11) is 0. The zero-order valence-electron chi connectivity index (χ0n) is 34.1. The van der Waals surface area contributed by atoms with Crippen LogP contribution >= 0.6 is 0 Å². The fourth-order valence-electron chi connectivity index (χ4n) is 7.64. The predicted octanol–water partition coefficient (Wildman–Crippen LogP) is 7.22. The molecule has 322 valence electrons. The van der Waals surface area contributed by atoms with Gasteiger partial charge in [-0.05, 0) is 35.4 Å². The third-order valence-corrected chi connectivity index (χ3v) is 10.8. The monoisotopic (exact) mass is 837 g/mol. The van der Waals surface area contributed by atoms with Gasteiger partial charge in [0.15, 0.2) is 31.1 Å². The van der Waals surface area contributed by atoms with Gasteiger partial charge >= 0.3 is 11.9 Å². The van der Waals surface area contributed by atoms with Crippen LogP contribution in [0, 0.1) is 11.8 Å². The number of carbonyl (C=O) groups is 2. The first-order chi connectivity index (χ1) is 29.9. The Morgan fingerprint density at radius 1 is 0.689 bits per heavy atom. The molecule has 7 rings (SSSR count). The molecule has 0 aromatic heterocycles. The molecule has 4 aromatic rings. The smallest absolute Gasteiger partial charge is 0.338 e. The van der Waals surface area contributed by atoms with Crippen molar-refractivity contribution in [3.05, 3.63) is 154 Å². The highest BCUT2D eigenvalue weighted by molar-refractivity contribution is 5.90. The molecule has 0 N–H and O–H groups in total. The van der Waals surface area contributed by atoms with Gasteiger partial charge in [0.05, 0.1) is 63.0 Å². The van der Waals surface area contributed by atoms with Crippen LogP contribution in [0.4, 0.5) is 0 Å². The zero-order chi connectivity index (χ0) is 42.4. The van der Waals surface area contributed by atoms with Crippen LogP contribution in [0.1, 0.15) is 52.0 Å². The quantitative estimate of drug-likeness (QED) is 0.0324. The fraction of sp³-hybridized carbons (Fsp3) is 0.435. The van der Waals surface area contributed by atoms with Crippen LogP contribution in [0.15, 0.2) is 126 Å². The number of ether oxygens (including phenoxy) is 10. The van der Waals surface area contributed by atoms with Gasteiger partial charge in [0.1, 0.15) is 12.2 Å².